The van der Waals surface area contributed by atoms with E-state index in [4.69, 9.17) is 0 Å². The van der Waals surface area contributed by atoms with Crippen molar-refractivity contribution < 1.29 is 14.3 Å². The minimum absolute atomic E-state index is 0.0183. The Kier molecular flexibility index (Phi) is 7.09. The van der Waals surface area contributed by atoms with Gasteiger partial charge in [0.1, 0.15) is 0 Å². The molecule has 0 saturated carbocycles. The van der Waals surface area contributed by atoms with Crippen molar-refractivity contribution in [3.63, 3.8) is 0 Å². The Morgan fingerprint density at radius 2 is 1.73 bits per heavy atom. The fourth-order valence-corrected chi connectivity index (χ4v) is 2.08. The maximum Gasteiger partial charge on any atom is 0.305 e. The van der Waals surface area contributed by atoms with Crippen molar-refractivity contribution in [2.75, 3.05) is 13.7 Å². The van der Waals surface area contributed by atoms with Crippen LogP contribution < -0.4 is 5.32 Å². The summed E-state index contributed by atoms with van der Waals surface area (Å²) in [6.45, 7) is 7.06. The van der Waals surface area contributed by atoms with Gasteiger partial charge in [0.15, 0.2) is 0 Å². The number of ether oxygens (including phenoxy) is 1. The molecule has 0 radical (unpaired) electrons. The van der Waals surface area contributed by atoms with E-state index in [-0.39, 0.29) is 17.3 Å². The first-order chi connectivity index (χ1) is 10.3. The van der Waals surface area contributed by atoms with Crippen LogP contribution in [0.1, 0.15) is 51.2 Å². The molecule has 0 atom stereocenters. The smallest absolute Gasteiger partial charge is 0.305 e. The van der Waals surface area contributed by atoms with Crippen molar-refractivity contribution in [1.82, 2.24) is 5.32 Å². The van der Waals surface area contributed by atoms with Gasteiger partial charge in [0.2, 0.25) is 5.91 Å². The molecule has 0 spiro atoms. The molecule has 1 N–H and O–H groups in total. The highest BCUT2D eigenvalue weighted by Gasteiger charge is 2.12. The number of rotatable bonds is 7. The molecule has 4 heteroatoms. The lowest BCUT2D eigenvalue weighted by Crippen LogP contribution is -2.25. The summed E-state index contributed by atoms with van der Waals surface area (Å²) in [5.74, 6) is -0.224. The molecule has 0 aliphatic heterocycles. The predicted octanol–water partition coefficient (Wildman–Crippen LogP) is 2.99. The predicted molar refractivity (Wildman–Crippen MR) is 87.7 cm³/mol. The summed E-state index contributed by atoms with van der Waals surface area (Å²) >= 11 is 0. The lowest BCUT2D eigenvalue weighted by molar-refractivity contribution is -0.140. The molecule has 0 heterocycles. The average molecular weight is 305 g/mol. The van der Waals surface area contributed by atoms with Crippen molar-refractivity contribution >= 4 is 11.9 Å². The van der Waals surface area contributed by atoms with Gasteiger partial charge in [-0.25, -0.2) is 0 Å². The highest BCUT2D eigenvalue weighted by Crippen LogP contribution is 2.22. The molecule has 0 unspecified atom stereocenters. The summed E-state index contributed by atoms with van der Waals surface area (Å²) in [6.07, 6.45) is 2.14. The second kappa shape index (κ2) is 8.57. The number of hydrogen-bond donors (Lipinski definition) is 1. The van der Waals surface area contributed by atoms with Crippen LogP contribution in [-0.4, -0.2) is 25.5 Å². The van der Waals surface area contributed by atoms with Crippen molar-refractivity contribution in [2.45, 2.75) is 51.9 Å². The van der Waals surface area contributed by atoms with Crippen LogP contribution >= 0.6 is 0 Å². The van der Waals surface area contributed by atoms with E-state index in [0.29, 0.717) is 25.8 Å². The quantitative estimate of drug-likeness (QED) is 0.622. The third-order valence-electron chi connectivity index (χ3n) is 3.57. The first-order valence-corrected chi connectivity index (χ1v) is 7.76. The van der Waals surface area contributed by atoms with Gasteiger partial charge in [-0.1, -0.05) is 45.0 Å². The molecule has 122 valence electrons. The molecule has 0 saturated heterocycles. The zero-order valence-corrected chi connectivity index (χ0v) is 14.1. The van der Waals surface area contributed by atoms with Gasteiger partial charge in [0.05, 0.1) is 7.11 Å². The average Bonchev–Trinajstić information content (AvgIpc) is 2.48. The van der Waals surface area contributed by atoms with Crippen LogP contribution in [0.4, 0.5) is 0 Å². The number of amides is 1. The highest BCUT2D eigenvalue weighted by atomic mass is 16.5. The summed E-state index contributed by atoms with van der Waals surface area (Å²) < 4.78 is 4.54. The molecule has 0 aromatic heterocycles. The van der Waals surface area contributed by atoms with Gasteiger partial charge in [-0.3, -0.25) is 9.59 Å². The number of benzene rings is 1. The first kappa shape index (κ1) is 18.2. The van der Waals surface area contributed by atoms with E-state index >= 15 is 0 Å². The summed E-state index contributed by atoms with van der Waals surface area (Å²) in [5.41, 5.74) is 2.61. The molecule has 0 aliphatic rings. The Bertz CT molecular complexity index is 486. The molecule has 4 nitrogen and oxygen atoms in total. The van der Waals surface area contributed by atoms with Crippen LogP contribution in [-0.2, 0) is 26.2 Å². The van der Waals surface area contributed by atoms with Crippen molar-refractivity contribution in [1.29, 1.82) is 0 Å². The fourth-order valence-electron chi connectivity index (χ4n) is 2.08. The summed E-state index contributed by atoms with van der Waals surface area (Å²) in [6, 6.07) is 8.43. The van der Waals surface area contributed by atoms with Crippen LogP contribution in [0, 0.1) is 0 Å². The largest absolute Gasteiger partial charge is 0.469 e. The lowest BCUT2D eigenvalue weighted by atomic mass is 9.86. The Balaban J connectivity index is 2.28. The summed E-state index contributed by atoms with van der Waals surface area (Å²) in [4.78, 5) is 22.7. The number of hydrogen-bond acceptors (Lipinski definition) is 3. The zero-order valence-electron chi connectivity index (χ0n) is 14.1. The Labute approximate surface area is 133 Å². The topological polar surface area (TPSA) is 55.4 Å². The number of carbonyl (C=O) groups excluding carboxylic acids is 2. The van der Waals surface area contributed by atoms with E-state index < -0.39 is 0 Å². The van der Waals surface area contributed by atoms with Gasteiger partial charge in [0, 0.05) is 19.4 Å². The van der Waals surface area contributed by atoms with Crippen LogP contribution in [0.2, 0.25) is 0 Å². The van der Waals surface area contributed by atoms with E-state index in [2.05, 4.69) is 55.1 Å². The van der Waals surface area contributed by atoms with Crippen LogP contribution in [0.3, 0.4) is 0 Å². The summed E-state index contributed by atoms with van der Waals surface area (Å²) in [7, 11) is 1.37. The molecule has 1 aromatic rings. The molecule has 22 heavy (non-hydrogen) atoms. The van der Waals surface area contributed by atoms with E-state index in [1.807, 2.05) is 0 Å². The van der Waals surface area contributed by atoms with Gasteiger partial charge in [-0.15, -0.1) is 0 Å². The number of nitrogens with one attached hydrogen (secondary N) is 1. The van der Waals surface area contributed by atoms with E-state index in [1.54, 1.807) is 0 Å². The fraction of sp³-hybridized carbons (Fsp3) is 0.556. The SMILES string of the molecule is COC(=O)CCCNC(=O)CCc1ccc(C(C)(C)C)cc1. The minimum Gasteiger partial charge on any atom is -0.469 e. The molecular formula is C18H27NO3. The van der Waals surface area contributed by atoms with E-state index in [0.717, 1.165) is 12.0 Å². The maximum absolute atomic E-state index is 11.7. The first-order valence-electron chi connectivity index (χ1n) is 7.76. The zero-order chi connectivity index (χ0) is 16.6. The Hall–Kier alpha value is -1.84. The van der Waals surface area contributed by atoms with Crippen LogP contribution in [0.15, 0.2) is 24.3 Å². The van der Waals surface area contributed by atoms with Gasteiger partial charge in [0.25, 0.3) is 0 Å². The molecule has 0 aliphatic carbocycles. The second-order valence-electron chi connectivity index (χ2n) is 6.48. The molecule has 0 fully saturated rings. The monoisotopic (exact) mass is 305 g/mol. The van der Waals surface area contributed by atoms with Crippen molar-refractivity contribution in [3.05, 3.63) is 35.4 Å². The number of esters is 1. The lowest BCUT2D eigenvalue weighted by Gasteiger charge is -2.19. The number of carbonyl (C=O) groups is 2. The van der Waals surface area contributed by atoms with Crippen LogP contribution in [0.25, 0.3) is 0 Å². The third kappa shape index (κ3) is 6.74. The maximum atomic E-state index is 11.7. The molecular weight excluding hydrogens is 278 g/mol. The normalized spacial score (nSPS) is 11.1. The van der Waals surface area contributed by atoms with Gasteiger partial charge in [-0.05, 0) is 29.4 Å². The van der Waals surface area contributed by atoms with Gasteiger partial charge >= 0.3 is 5.97 Å². The van der Waals surface area contributed by atoms with E-state index in [9.17, 15) is 9.59 Å². The number of aryl methyl sites for hydroxylation is 1. The Morgan fingerprint density at radius 3 is 2.27 bits per heavy atom. The standard InChI is InChI=1S/C18H27NO3/c1-18(2,3)15-10-7-14(8-11-15)9-12-16(20)19-13-5-6-17(21)22-4/h7-8,10-11H,5-6,9,12-13H2,1-4H3,(H,19,20). The molecule has 0 bridgehead atoms. The summed E-state index contributed by atoms with van der Waals surface area (Å²) in [5, 5.41) is 2.82. The van der Waals surface area contributed by atoms with Crippen molar-refractivity contribution in [3.8, 4) is 0 Å². The van der Waals surface area contributed by atoms with Gasteiger partial charge in [-0.2, -0.15) is 0 Å². The second-order valence-corrected chi connectivity index (χ2v) is 6.48. The van der Waals surface area contributed by atoms with Gasteiger partial charge < -0.3 is 10.1 Å². The van der Waals surface area contributed by atoms with Crippen LogP contribution in [0.5, 0.6) is 0 Å². The molecule has 1 amide bonds. The number of methoxy groups -OCH3 is 1. The molecule has 1 aromatic carbocycles. The van der Waals surface area contributed by atoms with E-state index in [1.165, 1.54) is 12.7 Å². The third-order valence-corrected chi connectivity index (χ3v) is 3.57. The highest BCUT2D eigenvalue weighted by molar-refractivity contribution is 5.76. The Morgan fingerprint density at radius 1 is 1.09 bits per heavy atom. The van der Waals surface area contributed by atoms with Crippen molar-refractivity contribution in [2.24, 2.45) is 0 Å². The molecule has 1 rings (SSSR count). The minimum atomic E-state index is -0.242.